The second kappa shape index (κ2) is 9.15. The van der Waals surface area contributed by atoms with Crippen LogP contribution in [0.3, 0.4) is 0 Å². The van der Waals surface area contributed by atoms with Crippen LogP contribution in [0, 0.1) is 22.7 Å². The standard InChI is InChI=1S/C26H32N2O8/c1-13(2)9-14(3)23(33)35-27-19(29)15-10-17-18(11-16(15)20(27)30)22(32)28(21(17)31)36-24(34)26(7,8)12-25(4,5)6/h10-11,13-14H,9,12H2,1-8H3. The predicted molar refractivity (Wildman–Crippen MR) is 135 cm³/mol. The highest BCUT2D eigenvalue weighted by molar-refractivity contribution is 5.98. The number of benzene rings is 1. The van der Waals surface area contributed by atoms with Crippen LogP contribution in [0.25, 0.3) is 21.5 Å². The Hall–Kier alpha value is -3.56. The Kier molecular flexibility index (Phi) is 6.87. The van der Waals surface area contributed by atoms with Gasteiger partial charge in [0.2, 0.25) is 0 Å². The van der Waals surface area contributed by atoms with Crippen LogP contribution in [0.1, 0.15) is 68.2 Å². The van der Waals surface area contributed by atoms with Gasteiger partial charge in [-0.25, -0.2) is 9.59 Å². The van der Waals surface area contributed by atoms with Gasteiger partial charge in [-0.05, 0) is 50.2 Å². The van der Waals surface area contributed by atoms with Gasteiger partial charge < -0.3 is 9.68 Å². The maximum absolute atomic E-state index is 12.9. The molecule has 36 heavy (non-hydrogen) atoms. The van der Waals surface area contributed by atoms with Gasteiger partial charge >= 0.3 is 11.9 Å². The molecule has 0 amide bonds. The van der Waals surface area contributed by atoms with Gasteiger partial charge in [0.05, 0.1) is 32.9 Å². The molecule has 10 heteroatoms. The van der Waals surface area contributed by atoms with E-state index < -0.39 is 45.5 Å². The molecular formula is C26H32N2O8. The summed E-state index contributed by atoms with van der Waals surface area (Å²) in [5.74, 6) is -1.85. The Balaban J connectivity index is 2.05. The molecule has 1 unspecified atom stereocenters. The third-order valence-electron chi connectivity index (χ3n) is 5.92. The zero-order valence-electron chi connectivity index (χ0n) is 21.9. The second-order valence-corrected chi connectivity index (χ2v) is 11.7. The summed E-state index contributed by atoms with van der Waals surface area (Å²) in [5.41, 5.74) is -4.92. The summed E-state index contributed by atoms with van der Waals surface area (Å²) >= 11 is 0. The van der Waals surface area contributed by atoms with Crippen molar-refractivity contribution in [2.24, 2.45) is 22.7 Å². The van der Waals surface area contributed by atoms with E-state index in [-0.39, 0.29) is 32.9 Å². The number of fused-ring (bicyclic) bond motifs is 2. The zero-order chi connectivity index (χ0) is 27.3. The molecule has 0 saturated carbocycles. The maximum Gasteiger partial charge on any atom is 0.338 e. The van der Waals surface area contributed by atoms with Crippen molar-refractivity contribution in [3.05, 3.63) is 53.5 Å². The SMILES string of the molecule is CC(C)CC(C)C(=O)On1c(=O)c2cc3c(=O)n(OC(=O)C(C)(C)CC(C)(C)C)c(=O)c3cc2c1=O. The molecule has 1 atom stereocenters. The molecule has 10 nitrogen and oxygen atoms in total. The quantitative estimate of drug-likeness (QED) is 0.481. The first-order valence-corrected chi connectivity index (χ1v) is 11.8. The van der Waals surface area contributed by atoms with Crippen LogP contribution in [0.4, 0.5) is 0 Å². The molecule has 2 aromatic heterocycles. The van der Waals surface area contributed by atoms with E-state index in [1.165, 1.54) is 0 Å². The van der Waals surface area contributed by atoms with E-state index in [0.29, 0.717) is 22.3 Å². The summed E-state index contributed by atoms with van der Waals surface area (Å²) in [5, 5.41) is -0.763. The van der Waals surface area contributed by atoms with Crippen LogP contribution in [-0.4, -0.2) is 21.4 Å². The summed E-state index contributed by atoms with van der Waals surface area (Å²) in [6.07, 6.45) is 0.935. The fourth-order valence-corrected chi connectivity index (χ4v) is 4.68. The third-order valence-corrected chi connectivity index (χ3v) is 5.92. The minimum Gasteiger partial charge on any atom is -0.329 e. The van der Waals surface area contributed by atoms with Crippen molar-refractivity contribution < 1.29 is 19.3 Å². The third kappa shape index (κ3) is 5.03. The van der Waals surface area contributed by atoms with E-state index in [2.05, 4.69) is 0 Å². The smallest absolute Gasteiger partial charge is 0.329 e. The summed E-state index contributed by atoms with van der Waals surface area (Å²) in [4.78, 5) is 86.9. The molecule has 2 heterocycles. The Morgan fingerprint density at radius 2 is 1.14 bits per heavy atom. The molecule has 194 valence electrons. The van der Waals surface area contributed by atoms with Crippen molar-refractivity contribution in [1.82, 2.24) is 9.46 Å². The van der Waals surface area contributed by atoms with E-state index in [9.17, 15) is 28.8 Å². The van der Waals surface area contributed by atoms with Crippen LogP contribution >= 0.6 is 0 Å². The maximum atomic E-state index is 12.9. The van der Waals surface area contributed by atoms with Gasteiger partial charge in [-0.2, -0.15) is 0 Å². The Labute approximate surface area is 207 Å². The fraction of sp³-hybridized carbons (Fsp3) is 0.538. The first-order chi connectivity index (χ1) is 16.4. The van der Waals surface area contributed by atoms with Gasteiger partial charge in [-0.15, -0.1) is 0 Å². The van der Waals surface area contributed by atoms with Crippen LogP contribution in [0.2, 0.25) is 0 Å². The molecule has 0 spiro atoms. The summed E-state index contributed by atoms with van der Waals surface area (Å²) in [6.45, 7) is 14.6. The van der Waals surface area contributed by atoms with Crippen molar-refractivity contribution in [3.8, 4) is 0 Å². The Morgan fingerprint density at radius 1 is 0.750 bits per heavy atom. The van der Waals surface area contributed by atoms with Crippen LogP contribution in [-0.2, 0) is 9.59 Å². The van der Waals surface area contributed by atoms with Crippen LogP contribution < -0.4 is 31.9 Å². The number of aromatic nitrogens is 2. The molecule has 0 bridgehead atoms. The lowest BCUT2D eigenvalue weighted by Gasteiger charge is -2.29. The van der Waals surface area contributed by atoms with Gasteiger partial charge in [-0.3, -0.25) is 19.2 Å². The summed E-state index contributed by atoms with van der Waals surface area (Å²) in [7, 11) is 0. The molecule has 0 N–H and O–H groups in total. The van der Waals surface area contributed by atoms with Crippen molar-refractivity contribution in [3.63, 3.8) is 0 Å². The largest absolute Gasteiger partial charge is 0.338 e. The number of carbonyl (C=O) groups is 2. The monoisotopic (exact) mass is 500 g/mol. The number of hydrogen-bond acceptors (Lipinski definition) is 8. The zero-order valence-corrected chi connectivity index (χ0v) is 21.9. The van der Waals surface area contributed by atoms with Gasteiger partial charge in [0.15, 0.2) is 0 Å². The average molecular weight is 501 g/mol. The molecular weight excluding hydrogens is 468 g/mol. The molecule has 0 aliphatic carbocycles. The van der Waals surface area contributed by atoms with Crippen LogP contribution in [0.5, 0.6) is 0 Å². The first kappa shape index (κ1) is 27.0. The van der Waals surface area contributed by atoms with Crippen LogP contribution in [0.15, 0.2) is 31.3 Å². The molecule has 0 aliphatic heterocycles. The predicted octanol–water partition coefficient (Wildman–Crippen LogP) is 1.97. The molecule has 0 aliphatic rings. The van der Waals surface area contributed by atoms with Crippen molar-refractivity contribution in [1.29, 1.82) is 0 Å². The first-order valence-electron chi connectivity index (χ1n) is 11.8. The fourth-order valence-electron chi connectivity index (χ4n) is 4.68. The van der Waals surface area contributed by atoms with E-state index in [0.717, 1.165) is 12.1 Å². The lowest BCUT2D eigenvalue weighted by Crippen LogP contribution is -2.42. The average Bonchev–Trinajstić information content (AvgIpc) is 3.10. The highest BCUT2D eigenvalue weighted by Gasteiger charge is 2.36. The second-order valence-electron chi connectivity index (χ2n) is 11.7. The van der Waals surface area contributed by atoms with E-state index >= 15 is 0 Å². The minimum atomic E-state index is -0.988. The van der Waals surface area contributed by atoms with Crippen molar-refractivity contribution in [2.75, 3.05) is 0 Å². The molecule has 0 saturated heterocycles. The van der Waals surface area contributed by atoms with E-state index in [1.54, 1.807) is 20.8 Å². The van der Waals surface area contributed by atoms with Gasteiger partial charge in [-0.1, -0.05) is 51.0 Å². The van der Waals surface area contributed by atoms with Gasteiger partial charge in [0.1, 0.15) is 0 Å². The molecule has 0 fully saturated rings. The highest BCUT2D eigenvalue weighted by Crippen LogP contribution is 2.33. The number of hydrogen-bond donors (Lipinski definition) is 0. The summed E-state index contributed by atoms with van der Waals surface area (Å²) < 4.78 is 0.702. The van der Waals surface area contributed by atoms with E-state index in [1.807, 2.05) is 34.6 Å². The van der Waals surface area contributed by atoms with Crippen molar-refractivity contribution >= 4 is 33.5 Å². The number of carbonyl (C=O) groups excluding carboxylic acids is 2. The summed E-state index contributed by atoms with van der Waals surface area (Å²) in [6, 6.07) is 2.18. The van der Waals surface area contributed by atoms with E-state index in [4.69, 9.17) is 9.68 Å². The van der Waals surface area contributed by atoms with Crippen molar-refractivity contribution in [2.45, 2.75) is 68.2 Å². The Bertz CT molecular complexity index is 1480. The van der Waals surface area contributed by atoms with Gasteiger partial charge in [0.25, 0.3) is 22.2 Å². The molecule has 0 radical (unpaired) electrons. The highest BCUT2D eigenvalue weighted by atomic mass is 16.7. The lowest BCUT2D eigenvalue weighted by molar-refractivity contribution is -0.157. The normalized spacial score (nSPS) is 13.5. The molecule has 3 aromatic rings. The number of nitrogens with zero attached hydrogens (tertiary/aromatic N) is 2. The minimum absolute atomic E-state index is 0.189. The molecule has 1 aromatic carbocycles. The Morgan fingerprint density at radius 3 is 1.50 bits per heavy atom. The molecule has 3 rings (SSSR count). The lowest BCUT2D eigenvalue weighted by atomic mass is 9.76. The van der Waals surface area contributed by atoms with Gasteiger partial charge in [0, 0.05) is 0 Å². The number of rotatable bonds is 7. The topological polar surface area (TPSA) is 131 Å².